The summed E-state index contributed by atoms with van der Waals surface area (Å²) in [5.41, 5.74) is 0.473. The Morgan fingerprint density at radius 2 is 0.576 bits per heavy atom. The second-order valence-corrected chi connectivity index (χ2v) is 17.8. The molecular weight excluding hydrogens is 729 g/mol. The van der Waals surface area contributed by atoms with Gasteiger partial charge in [-0.15, -0.1) is 0 Å². The molecule has 1 aromatic rings. The van der Waals surface area contributed by atoms with Crippen LogP contribution in [0.1, 0.15) is 288 Å². The Balaban J connectivity index is 2.63. The first-order valence-electron chi connectivity index (χ1n) is 26.4. The number of carbonyl (C=O) groups excluding carboxylic acids is 1. The van der Waals surface area contributed by atoms with Crippen LogP contribution < -0.4 is 14.2 Å². The van der Waals surface area contributed by atoms with E-state index in [1.165, 1.54) is 218 Å². The average Bonchev–Trinajstić information content (AvgIpc) is 3.24. The lowest BCUT2D eigenvalue weighted by Gasteiger charge is -2.19. The van der Waals surface area contributed by atoms with Gasteiger partial charge in [-0.05, 0) is 38.3 Å². The number of benzene rings is 1. The third kappa shape index (κ3) is 34.4. The number of hydrogen-bond donors (Lipinski definition) is 0. The largest absolute Gasteiger partial charge is 0.490 e. The van der Waals surface area contributed by atoms with Crippen LogP contribution in [0.3, 0.4) is 0 Å². The Labute approximate surface area is 368 Å². The molecule has 5 nitrogen and oxygen atoms in total. The molecule has 0 aliphatic carbocycles. The highest BCUT2D eigenvalue weighted by Gasteiger charge is 2.20. The van der Waals surface area contributed by atoms with Crippen molar-refractivity contribution in [2.24, 2.45) is 0 Å². The van der Waals surface area contributed by atoms with E-state index in [0.717, 1.165) is 32.1 Å². The van der Waals surface area contributed by atoms with Crippen molar-refractivity contribution in [1.82, 2.24) is 0 Å². The molecule has 1 aromatic carbocycles. The SMILES string of the molecule is CCCCCCCCCCCCCCCOc1cc(C(=O)OCC)cc(OCCCCCCCCCCCCCCC)c1OCCCCCCCCCCCCCCC. The second kappa shape index (κ2) is 44.2. The Kier molecular flexibility index (Phi) is 41.2. The van der Waals surface area contributed by atoms with Gasteiger partial charge in [-0.25, -0.2) is 4.79 Å². The Morgan fingerprint density at radius 3 is 0.831 bits per heavy atom. The first-order chi connectivity index (χ1) is 29.2. The maximum absolute atomic E-state index is 13.0. The van der Waals surface area contributed by atoms with Crippen LogP contribution in [-0.4, -0.2) is 32.4 Å². The molecule has 1 rings (SSSR count). The normalized spacial score (nSPS) is 11.3. The molecule has 346 valence electrons. The van der Waals surface area contributed by atoms with Gasteiger partial charge in [0.1, 0.15) is 0 Å². The number of ether oxygens (including phenoxy) is 4. The van der Waals surface area contributed by atoms with Crippen molar-refractivity contribution in [3.8, 4) is 17.2 Å². The van der Waals surface area contributed by atoms with Gasteiger partial charge in [0.05, 0.1) is 32.0 Å². The van der Waals surface area contributed by atoms with Gasteiger partial charge in [-0.2, -0.15) is 0 Å². The Bertz CT molecular complexity index is 971. The quantitative estimate of drug-likeness (QED) is 0.0484. The summed E-state index contributed by atoms with van der Waals surface area (Å²) in [4.78, 5) is 13.0. The van der Waals surface area contributed by atoms with E-state index in [-0.39, 0.29) is 5.97 Å². The van der Waals surface area contributed by atoms with Crippen LogP contribution in [0.4, 0.5) is 0 Å². The Morgan fingerprint density at radius 1 is 0.339 bits per heavy atom. The van der Waals surface area contributed by atoms with E-state index in [1.807, 2.05) is 19.1 Å². The fraction of sp³-hybridized carbons (Fsp3) is 0.870. The molecule has 0 amide bonds. The van der Waals surface area contributed by atoms with E-state index in [4.69, 9.17) is 18.9 Å². The molecule has 0 spiro atoms. The van der Waals surface area contributed by atoms with Gasteiger partial charge >= 0.3 is 5.97 Å². The molecule has 5 heteroatoms. The van der Waals surface area contributed by atoms with Crippen LogP contribution in [-0.2, 0) is 4.74 Å². The number of rotatable bonds is 47. The molecule has 0 saturated carbocycles. The lowest BCUT2D eigenvalue weighted by atomic mass is 10.0. The fourth-order valence-electron chi connectivity index (χ4n) is 8.16. The topological polar surface area (TPSA) is 54.0 Å². The summed E-state index contributed by atoms with van der Waals surface area (Å²) >= 11 is 0. The van der Waals surface area contributed by atoms with Gasteiger partial charge < -0.3 is 18.9 Å². The van der Waals surface area contributed by atoms with E-state index in [0.29, 0.717) is 49.2 Å². The van der Waals surface area contributed by atoms with E-state index in [2.05, 4.69) is 20.8 Å². The van der Waals surface area contributed by atoms with Crippen LogP contribution in [0.25, 0.3) is 0 Å². The molecule has 0 heterocycles. The minimum absolute atomic E-state index is 0.334. The van der Waals surface area contributed by atoms with Crippen LogP contribution in [0.5, 0.6) is 17.2 Å². The maximum Gasteiger partial charge on any atom is 0.338 e. The van der Waals surface area contributed by atoms with Crippen molar-refractivity contribution in [2.45, 2.75) is 278 Å². The van der Waals surface area contributed by atoms with Crippen LogP contribution in [0, 0.1) is 0 Å². The molecule has 59 heavy (non-hydrogen) atoms. The predicted octanol–water partition coefficient (Wildman–Crippen LogP) is 18.3. The minimum Gasteiger partial charge on any atom is -0.490 e. The summed E-state index contributed by atoms with van der Waals surface area (Å²) in [6.07, 6.45) is 51.5. The van der Waals surface area contributed by atoms with Gasteiger partial charge in [0, 0.05) is 0 Å². The van der Waals surface area contributed by atoms with Gasteiger partial charge in [0.25, 0.3) is 0 Å². The summed E-state index contributed by atoms with van der Waals surface area (Å²) in [5.74, 6) is 1.54. The smallest absolute Gasteiger partial charge is 0.338 e. The summed E-state index contributed by atoms with van der Waals surface area (Å²) in [5, 5.41) is 0. The first kappa shape index (κ1) is 55.1. The number of unbranched alkanes of at least 4 members (excludes halogenated alkanes) is 36. The average molecular weight is 829 g/mol. The summed E-state index contributed by atoms with van der Waals surface area (Å²) < 4.78 is 24.8. The van der Waals surface area contributed by atoms with Crippen LogP contribution in [0.2, 0.25) is 0 Å². The highest BCUT2D eigenvalue weighted by molar-refractivity contribution is 5.91. The zero-order valence-electron chi connectivity index (χ0n) is 40.1. The van der Waals surface area contributed by atoms with Crippen molar-refractivity contribution in [3.05, 3.63) is 17.7 Å². The van der Waals surface area contributed by atoms with Crippen LogP contribution in [0.15, 0.2) is 12.1 Å². The van der Waals surface area contributed by atoms with Crippen LogP contribution >= 0.6 is 0 Å². The standard InChI is InChI=1S/C54H100O5/c1-5-9-12-15-18-21-24-27-30-33-36-39-42-45-57-51-48-50(54(55)56-8-4)49-52(58-46-43-40-37-34-31-28-25-22-19-16-13-10-6-2)53(51)59-47-44-41-38-35-32-29-26-23-20-17-14-11-7-3/h48-49H,5-47H2,1-4H3. The highest BCUT2D eigenvalue weighted by Crippen LogP contribution is 2.40. The van der Waals surface area contributed by atoms with Gasteiger partial charge in [-0.3, -0.25) is 0 Å². The van der Waals surface area contributed by atoms with E-state index < -0.39 is 0 Å². The zero-order valence-corrected chi connectivity index (χ0v) is 40.1. The highest BCUT2D eigenvalue weighted by atomic mass is 16.5. The monoisotopic (exact) mass is 829 g/mol. The molecule has 0 unspecified atom stereocenters. The van der Waals surface area contributed by atoms with Gasteiger partial charge in [0.15, 0.2) is 11.5 Å². The van der Waals surface area contributed by atoms with E-state index in [9.17, 15) is 4.79 Å². The zero-order chi connectivity index (χ0) is 42.5. The molecule has 0 aromatic heterocycles. The lowest BCUT2D eigenvalue weighted by molar-refractivity contribution is 0.0525. The summed E-state index contributed by atoms with van der Waals surface area (Å²) in [7, 11) is 0. The molecule has 0 fully saturated rings. The maximum atomic E-state index is 13.0. The number of carbonyl (C=O) groups is 1. The molecule has 0 radical (unpaired) electrons. The van der Waals surface area contributed by atoms with Crippen molar-refractivity contribution in [3.63, 3.8) is 0 Å². The molecule has 0 atom stereocenters. The van der Waals surface area contributed by atoms with Gasteiger partial charge in [0.2, 0.25) is 5.75 Å². The molecule has 0 aliphatic heterocycles. The molecular formula is C54H100O5. The Hall–Kier alpha value is -1.91. The van der Waals surface area contributed by atoms with Crippen molar-refractivity contribution >= 4 is 5.97 Å². The van der Waals surface area contributed by atoms with Crippen molar-refractivity contribution in [1.29, 1.82) is 0 Å². The van der Waals surface area contributed by atoms with E-state index in [1.54, 1.807) is 0 Å². The third-order valence-electron chi connectivity index (χ3n) is 12.0. The fourth-order valence-corrected chi connectivity index (χ4v) is 8.16. The predicted molar refractivity (Wildman–Crippen MR) is 256 cm³/mol. The summed E-state index contributed by atoms with van der Waals surface area (Å²) in [6, 6.07) is 3.63. The molecule has 0 bridgehead atoms. The second-order valence-electron chi connectivity index (χ2n) is 17.8. The molecule has 0 saturated heterocycles. The number of hydrogen-bond acceptors (Lipinski definition) is 5. The lowest BCUT2D eigenvalue weighted by Crippen LogP contribution is -2.10. The van der Waals surface area contributed by atoms with Crippen molar-refractivity contribution < 1.29 is 23.7 Å². The van der Waals surface area contributed by atoms with Crippen molar-refractivity contribution in [2.75, 3.05) is 26.4 Å². The summed E-state index contributed by atoms with van der Waals surface area (Å²) in [6.45, 7) is 10.9. The number of esters is 1. The third-order valence-corrected chi connectivity index (χ3v) is 12.0. The first-order valence-corrected chi connectivity index (χ1v) is 26.4. The molecule has 0 aliphatic rings. The van der Waals surface area contributed by atoms with Gasteiger partial charge in [-0.1, -0.05) is 252 Å². The molecule has 0 N–H and O–H groups in total. The van der Waals surface area contributed by atoms with E-state index >= 15 is 0 Å². The minimum atomic E-state index is -0.341.